The number of aliphatic hydroxyl groups excluding tert-OH is 1. The van der Waals surface area contributed by atoms with Crippen LogP contribution in [0.1, 0.15) is 36.8 Å². The maximum atomic E-state index is 13.9. The number of halogens is 3. The molecule has 0 aliphatic carbocycles. The van der Waals surface area contributed by atoms with E-state index in [1.165, 1.54) is 12.1 Å². The summed E-state index contributed by atoms with van der Waals surface area (Å²) in [6.45, 7) is 5.39. The molecule has 0 aliphatic heterocycles. The van der Waals surface area contributed by atoms with Crippen molar-refractivity contribution in [2.24, 2.45) is 4.99 Å². The second kappa shape index (κ2) is 12.7. The first-order chi connectivity index (χ1) is 13.0. The van der Waals surface area contributed by atoms with Crippen LogP contribution in [0.4, 0.5) is 8.78 Å². The van der Waals surface area contributed by atoms with Crippen molar-refractivity contribution >= 4 is 29.9 Å². The zero-order valence-corrected chi connectivity index (χ0v) is 18.5. The molecule has 0 aliphatic rings. The Morgan fingerprint density at radius 2 is 1.82 bits per heavy atom. The Labute approximate surface area is 182 Å². The normalized spacial score (nSPS) is 13.4. The van der Waals surface area contributed by atoms with Crippen LogP contribution in [0.25, 0.3) is 0 Å². The monoisotopic (exact) mass is 503 g/mol. The highest BCUT2D eigenvalue weighted by Crippen LogP contribution is 2.20. The molecule has 0 saturated heterocycles. The standard InChI is InChI=1S/C21H27F2N3O.HI/c1-3-24-21(26-13-17(14-27)16-7-5-4-6-8-16)25-12-15(2)19-10-9-18(22)11-20(19)23;/h4-11,15,17,27H,3,12-14H2,1-2H3,(H2,24,25,26);1H. The third kappa shape index (κ3) is 7.35. The molecule has 28 heavy (non-hydrogen) atoms. The Bertz CT molecular complexity index is 744. The van der Waals surface area contributed by atoms with Crippen molar-refractivity contribution in [2.75, 3.05) is 26.2 Å². The summed E-state index contributed by atoms with van der Waals surface area (Å²) < 4.78 is 27.0. The third-order valence-electron chi connectivity index (χ3n) is 4.37. The van der Waals surface area contributed by atoms with E-state index in [4.69, 9.17) is 0 Å². The lowest BCUT2D eigenvalue weighted by Crippen LogP contribution is -2.40. The molecule has 0 spiro atoms. The SMILES string of the molecule is CCNC(=NCC(C)c1ccc(F)cc1F)NCC(CO)c1ccccc1.I. The van der Waals surface area contributed by atoms with Crippen molar-refractivity contribution in [3.05, 3.63) is 71.3 Å². The number of hydrogen-bond donors (Lipinski definition) is 3. The van der Waals surface area contributed by atoms with Gasteiger partial charge in [-0.1, -0.05) is 43.3 Å². The highest BCUT2D eigenvalue weighted by atomic mass is 127. The molecule has 0 amide bonds. The fourth-order valence-corrected chi connectivity index (χ4v) is 2.80. The third-order valence-corrected chi connectivity index (χ3v) is 4.37. The van der Waals surface area contributed by atoms with Crippen molar-refractivity contribution < 1.29 is 13.9 Å². The molecule has 2 rings (SSSR count). The molecule has 3 N–H and O–H groups in total. The quantitative estimate of drug-likeness (QED) is 0.290. The largest absolute Gasteiger partial charge is 0.396 e. The topological polar surface area (TPSA) is 56.7 Å². The van der Waals surface area contributed by atoms with Gasteiger partial charge in [-0.15, -0.1) is 24.0 Å². The minimum Gasteiger partial charge on any atom is -0.396 e. The second-order valence-electron chi connectivity index (χ2n) is 6.46. The average molecular weight is 503 g/mol. The number of nitrogens with zero attached hydrogens (tertiary/aromatic N) is 1. The van der Waals surface area contributed by atoms with Gasteiger partial charge in [0, 0.05) is 37.5 Å². The van der Waals surface area contributed by atoms with Gasteiger partial charge in [-0.25, -0.2) is 8.78 Å². The Morgan fingerprint density at radius 1 is 1.11 bits per heavy atom. The van der Waals surface area contributed by atoms with E-state index in [-0.39, 0.29) is 42.4 Å². The summed E-state index contributed by atoms with van der Waals surface area (Å²) >= 11 is 0. The van der Waals surface area contributed by atoms with Gasteiger partial charge in [0.15, 0.2) is 5.96 Å². The van der Waals surface area contributed by atoms with E-state index in [9.17, 15) is 13.9 Å². The number of rotatable bonds is 8. The lowest BCUT2D eigenvalue weighted by atomic mass is 10.0. The molecule has 0 aromatic heterocycles. The van der Waals surface area contributed by atoms with E-state index in [0.717, 1.165) is 11.6 Å². The molecule has 0 heterocycles. The fourth-order valence-electron chi connectivity index (χ4n) is 2.80. The molecule has 4 nitrogen and oxygen atoms in total. The van der Waals surface area contributed by atoms with Crippen molar-refractivity contribution in [3.63, 3.8) is 0 Å². The smallest absolute Gasteiger partial charge is 0.191 e. The van der Waals surface area contributed by atoms with Crippen LogP contribution < -0.4 is 10.6 Å². The lowest BCUT2D eigenvalue weighted by Gasteiger charge is -2.18. The summed E-state index contributed by atoms with van der Waals surface area (Å²) in [4.78, 5) is 4.51. The Balaban J connectivity index is 0.00000392. The molecular weight excluding hydrogens is 475 g/mol. The van der Waals surface area contributed by atoms with E-state index in [2.05, 4.69) is 15.6 Å². The van der Waals surface area contributed by atoms with Gasteiger partial charge in [0.2, 0.25) is 0 Å². The van der Waals surface area contributed by atoms with Gasteiger partial charge in [0.1, 0.15) is 11.6 Å². The van der Waals surface area contributed by atoms with Crippen molar-refractivity contribution in [1.29, 1.82) is 0 Å². The summed E-state index contributed by atoms with van der Waals surface area (Å²) in [6.07, 6.45) is 0. The van der Waals surface area contributed by atoms with Crippen LogP contribution in [0.2, 0.25) is 0 Å². The summed E-state index contributed by atoms with van der Waals surface area (Å²) in [6, 6.07) is 13.4. The fraction of sp³-hybridized carbons (Fsp3) is 0.381. The van der Waals surface area contributed by atoms with Crippen LogP contribution in [0.15, 0.2) is 53.5 Å². The van der Waals surface area contributed by atoms with Gasteiger partial charge < -0.3 is 15.7 Å². The van der Waals surface area contributed by atoms with Crippen molar-refractivity contribution in [3.8, 4) is 0 Å². The van der Waals surface area contributed by atoms with Gasteiger partial charge in [-0.05, 0) is 24.1 Å². The van der Waals surface area contributed by atoms with Crippen molar-refractivity contribution in [1.82, 2.24) is 10.6 Å². The molecular formula is C21H28F2IN3O. The summed E-state index contributed by atoms with van der Waals surface area (Å²) in [5, 5.41) is 16.0. The first kappa shape index (κ1) is 24.3. The van der Waals surface area contributed by atoms with Gasteiger partial charge in [-0.3, -0.25) is 4.99 Å². The first-order valence-electron chi connectivity index (χ1n) is 9.18. The van der Waals surface area contributed by atoms with Crippen LogP contribution in [-0.4, -0.2) is 37.3 Å². The molecule has 7 heteroatoms. The van der Waals surface area contributed by atoms with Gasteiger partial charge in [0.25, 0.3) is 0 Å². The molecule has 0 bridgehead atoms. The lowest BCUT2D eigenvalue weighted by molar-refractivity contribution is 0.265. The molecule has 2 atom stereocenters. The van der Waals surface area contributed by atoms with E-state index >= 15 is 0 Å². The molecule has 2 unspecified atom stereocenters. The van der Waals surface area contributed by atoms with E-state index in [0.29, 0.717) is 31.2 Å². The molecule has 154 valence electrons. The van der Waals surface area contributed by atoms with Crippen LogP contribution in [0, 0.1) is 11.6 Å². The number of benzene rings is 2. The number of aliphatic imine (C=N–C) groups is 1. The van der Waals surface area contributed by atoms with E-state index in [1.807, 2.05) is 44.2 Å². The minimum absolute atomic E-state index is 0. The Morgan fingerprint density at radius 3 is 2.43 bits per heavy atom. The van der Waals surface area contributed by atoms with E-state index in [1.54, 1.807) is 0 Å². The predicted octanol–water partition coefficient (Wildman–Crippen LogP) is 4.02. The van der Waals surface area contributed by atoms with Crippen LogP contribution >= 0.6 is 24.0 Å². The van der Waals surface area contributed by atoms with Crippen molar-refractivity contribution in [2.45, 2.75) is 25.7 Å². The van der Waals surface area contributed by atoms with Crippen LogP contribution in [0.3, 0.4) is 0 Å². The number of hydrogen-bond acceptors (Lipinski definition) is 2. The maximum Gasteiger partial charge on any atom is 0.191 e. The zero-order chi connectivity index (χ0) is 19.6. The van der Waals surface area contributed by atoms with Gasteiger partial charge in [0.05, 0.1) is 6.61 Å². The molecule has 0 fully saturated rings. The average Bonchev–Trinajstić information content (AvgIpc) is 2.67. The summed E-state index contributed by atoms with van der Waals surface area (Å²) in [5.74, 6) is -0.787. The number of guanidine groups is 1. The molecule has 0 radical (unpaired) electrons. The van der Waals surface area contributed by atoms with E-state index < -0.39 is 11.6 Å². The maximum absolute atomic E-state index is 13.9. The van der Waals surface area contributed by atoms with Gasteiger partial charge in [-0.2, -0.15) is 0 Å². The minimum atomic E-state index is -0.585. The Hall–Kier alpha value is -1.74. The summed E-state index contributed by atoms with van der Waals surface area (Å²) in [5.41, 5.74) is 1.48. The molecule has 2 aromatic carbocycles. The van der Waals surface area contributed by atoms with Crippen LogP contribution in [0.5, 0.6) is 0 Å². The molecule has 0 saturated carbocycles. The van der Waals surface area contributed by atoms with Gasteiger partial charge >= 0.3 is 0 Å². The number of nitrogens with one attached hydrogen (secondary N) is 2. The highest BCUT2D eigenvalue weighted by molar-refractivity contribution is 14.0. The summed E-state index contributed by atoms with van der Waals surface area (Å²) in [7, 11) is 0. The zero-order valence-electron chi connectivity index (χ0n) is 16.2. The van der Waals surface area contributed by atoms with Crippen LogP contribution in [-0.2, 0) is 0 Å². The first-order valence-corrected chi connectivity index (χ1v) is 9.18. The number of aliphatic hydroxyl groups is 1. The second-order valence-corrected chi connectivity index (χ2v) is 6.46. The predicted molar refractivity (Wildman–Crippen MR) is 120 cm³/mol. The highest BCUT2D eigenvalue weighted by Gasteiger charge is 2.13. The Kier molecular flexibility index (Phi) is 11.0. The molecule has 2 aromatic rings.